The minimum absolute atomic E-state index is 0.108. The Balaban J connectivity index is 1.38. The summed E-state index contributed by atoms with van der Waals surface area (Å²) in [4.78, 5) is 53.8. The molecule has 4 saturated carbocycles. The van der Waals surface area contributed by atoms with Crippen molar-refractivity contribution >= 4 is 23.8 Å². The molecule has 158 valence electrons. The number of esters is 1. The number of nitrogens with one attached hydrogen (secondary N) is 1. The van der Waals surface area contributed by atoms with E-state index in [0.29, 0.717) is 22.7 Å². The van der Waals surface area contributed by atoms with Crippen molar-refractivity contribution < 1.29 is 33.9 Å². The zero-order valence-corrected chi connectivity index (χ0v) is 16.6. The molecule has 2 aliphatic heterocycles. The SMILES string of the molecule is COC(=O)[C@@H]1C[C@@H](O)C[NH+]1CN1C(=O)C(=O)N(C23CC4CC(CC(C4)C2)C3)C1=O. The molecule has 2 saturated heterocycles. The van der Waals surface area contributed by atoms with Gasteiger partial charge in [-0.2, -0.15) is 0 Å². The number of methoxy groups -OCH3 is 1. The van der Waals surface area contributed by atoms with E-state index >= 15 is 0 Å². The lowest BCUT2D eigenvalue weighted by Crippen LogP contribution is -3.16. The molecule has 0 spiro atoms. The summed E-state index contributed by atoms with van der Waals surface area (Å²) in [5.41, 5.74) is -0.519. The van der Waals surface area contributed by atoms with Gasteiger partial charge in [0.25, 0.3) is 0 Å². The van der Waals surface area contributed by atoms with Gasteiger partial charge in [0, 0.05) is 6.42 Å². The van der Waals surface area contributed by atoms with E-state index in [-0.39, 0.29) is 19.6 Å². The molecule has 3 atom stereocenters. The Morgan fingerprint density at radius 2 is 1.66 bits per heavy atom. The molecule has 0 aromatic carbocycles. The number of hydrogen-bond donors (Lipinski definition) is 2. The van der Waals surface area contributed by atoms with Crippen LogP contribution in [0.5, 0.6) is 0 Å². The van der Waals surface area contributed by atoms with Crippen molar-refractivity contribution in [3.05, 3.63) is 0 Å². The van der Waals surface area contributed by atoms with Crippen LogP contribution in [0.4, 0.5) is 4.79 Å². The fourth-order valence-corrected chi connectivity index (χ4v) is 7.15. The van der Waals surface area contributed by atoms with Crippen molar-refractivity contribution in [2.45, 2.75) is 62.6 Å². The third kappa shape index (κ3) is 2.81. The van der Waals surface area contributed by atoms with Crippen molar-refractivity contribution in [2.75, 3.05) is 20.3 Å². The van der Waals surface area contributed by atoms with E-state index in [4.69, 9.17) is 4.74 Å². The maximum atomic E-state index is 13.3. The first-order chi connectivity index (χ1) is 13.8. The third-order valence-corrected chi connectivity index (χ3v) is 7.88. The number of urea groups is 1. The van der Waals surface area contributed by atoms with Gasteiger partial charge in [-0.3, -0.25) is 9.59 Å². The Hall–Kier alpha value is -2.00. The first kappa shape index (κ1) is 19.0. The number of carbonyl (C=O) groups excluding carboxylic acids is 4. The second-order valence-corrected chi connectivity index (χ2v) is 9.78. The van der Waals surface area contributed by atoms with Crippen molar-refractivity contribution in [2.24, 2.45) is 17.8 Å². The highest BCUT2D eigenvalue weighted by Crippen LogP contribution is 2.58. The lowest BCUT2D eigenvalue weighted by atomic mass is 9.52. The van der Waals surface area contributed by atoms with Crippen molar-refractivity contribution in [3.63, 3.8) is 0 Å². The van der Waals surface area contributed by atoms with Crippen LogP contribution >= 0.6 is 0 Å². The molecule has 0 radical (unpaired) electrons. The molecule has 2 N–H and O–H groups in total. The summed E-state index contributed by atoms with van der Waals surface area (Å²) in [6, 6.07) is -1.21. The minimum atomic E-state index is -0.816. The van der Waals surface area contributed by atoms with Crippen LogP contribution in [0.15, 0.2) is 0 Å². The molecular formula is C20H28N3O6+. The molecule has 4 amide bonds. The number of carbonyl (C=O) groups is 4. The lowest BCUT2D eigenvalue weighted by molar-refractivity contribution is -0.912. The van der Waals surface area contributed by atoms with Crippen LogP contribution in [0, 0.1) is 17.8 Å². The zero-order valence-electron chi connectivity index (χ0n) is 16.6. The van der Waals surface area contributed by atoms with Gasteiger partial charge in [-0.25, -0.2) is 19.4 Å². The Labute approximate surface area is 168 Å². The summed E-state index contributed by atoms with van der Waals surface area (Å²) in [6.07, 6.45) is 5.42. The van der Waals surface area contributed by atoms with Crippen LogP contribution in [0.2, 0.25) is 0 Å². The lowest BCUT2D eigenvalue weighted by Gasteiger charge is -2.58. The van der Waals surface area contributed by atoms with Gasteiger partial charge < -0.3 is 14.7 Å². The fourth-order valence-electron chi connectivity index (χ4n) is 7.15. The topological polar surface area (TPSA) is 109 Å². The molecule has 29 heavy (non-hydrogen) atoms. The van der Waals surface area contributed by atoms with E-state index in [1.807, 2.05) is 0 Å². The highest BCUT2D eigenvalue weighted by molar-refractivity contribution is 6.44. The second kappa shape index (κ2) is 6.50. The number of ether oxygens (including phenoxy) is 1. The van der Waals surface area contributed by atoms with E-state index in [2.05, 4.69) is 0 Å². The average molecular weight is 406 g/mol. The summed E-state index contributed by atoms with van der Waals surface area (Å²) in [6.45, 7) is 0.117. The van der Waals surface area contributed by atoms with E-state index in [1.165, 1.54) is 31.3 Å². The molecule has 9 heteroatoms. The summed E-state index contributed by atoms with van der Waals surface area (Å²) in [7, 11) is 1.27. The van der Waals surface area contributed by atoms with Crippen LogP contribution in [-0.4, -0.2) is 76.7 Å². The first-order valence-electron chi connectivity index (χ1n) is 10.6. The molecular weight excluding hydrogens is 378 g/mol. The van der Waals surface area contributed by atoms with Crippen molar-refractivity contribution in [1.29, 1.82) is 0 Å². The molecule has 2 heterocycles. The van der Waals surface area contributed by atoms with Crippen molar-refractivity contribution in [1.82, 2.24) is 9.80 Å². The normalized spacial score (nSPS) is 43.6. The largest absolute Gasteiger partial charge is 0.465 e. The fraction of sp³-hybridized carbons (Fsp3) is 0.800. The summed E-state index contributed by atoms with van der Waals surface area (Å²) < 4.78 is 4.80. The van der Waals surface area contributed by atoms with Gasteiger partial charge in [0.2, 0.25) is 0 Å². The number of aliphatic hydroxyl groups is 1. The molecule has 4 aliphatic carbocycles. The van der Waals surface area contributed by atoms with Gasteiger partial charge >= 0.3 is 23.8 Å². The maximum absolute atomic E-state index is 13.3. The number of nitrogens with zero attached hydrogens (tertiary/aromatic N) is 2. The van der Waals surface area contributed by atoms with Gasteiger partial charge in [-0.15, -0.1) is 0 Å². The van der Waals surface area contributed by atoms with E-state index in [9.17, 15) is 24.3 Å². The van der Waals surface area contributed by atoms with Crippen LogP contribution < -0.4 is 4.90 Å². The van der Waals surface area contributed by atoms with Crippen molar-refractivity contribution in [3.8, 4) is 0 Å². The molecule has 9 nitrogen and oxygen atoms in total. The maximum Gasteiger partial charge on any atom is 0.364 e. The number of quaternary nitrogens is 1. The predicted molar refractivity (Wildman–Crippen MR) is 97.1 cm³/mol. The Morgan fingerprint density at radius 1 is 1.07 bits per heavy atom. The van der Waals surface area contributed by atoms with Crippen LogP contribution in [0.1, 0.15) is 44.9 Å². The average Bonchev–Trinajstić information content (AvgIpc) is 3.13. The molecule has 0 aromatic heterocycles. The highest BCUT2D eigenvalue weighted by Gasteiger charge is 2.61. The van der Waals surface area contributed by atoms with Gasteiger partial charge in [-0.1, -0.05) is 0 Å². The first-order valence-corrected chi connectivity index (χ1v) is 10.6. The summed E-state index contributed by atoms with van der Waals surface area (Å²) in [5.74, 6) is -0.425. The third-order valence-electron chi connectivity index (χ3n) is 7.88. The zero-order chi connectivity index (χ0) is 20.5. The number of aliphatic hydroxyl groups excluding tert-OH is 1. The Kier molecular flexibility index (Phi) is 4.26. The van der Waals surface area contributed by atoms with E-state index in [0.717, 1.165) is 24.2 Å². The van der Waals surface area contributed by atoms with Crippen LogP contribution in [0.3, 0.4) is 0 Å². The number of hydrogen-bond acceptors (Lipinski definition) is 6. The van der Waals surface area contributed by atoms with E-state index < -0.39 is 41.5 Å². The standard InChI is InChI=1S/C20H27N3O6/c1-29-18(27)15-5-14(24)9-21(15)10-22-16(25)17(26)23(19(22)28)20-6-11-2-12(7-20)4-13(3-11)8-20/h11-15,24H,2-10H2,1H3/p+1/t11?,12?,13?,14-,15+,20?/m1/s1. The number of amides is 4. The van der Waals surface area contributed by atoms with Gasteiger partial charge in [0.05, 0.1) is 12.6 Å². The highest BCUT2D eigenvalue weighted by atomic mass is 16.5. The predicted octanol–water partition coefficient (Wildman–Crippen LogP) is -1.11. The number of likely N-dealkylation sites (tertiary alicyclic amines) is 1. The van der Waals surface area contributed by atoms with E-state index in [1.54, 1.807) is 0 Å². The molecule has 1 unspecified atom stereocenters. The van der Waals surface area contributed by atoms with Crippen LogP contribution in [-0.2, 0) is 19.1 Å². The number of rotatable bonds is 4. The molecule has 6 rings (SSSR count). The summed E-state index contributed by atoms with van der Waals surface area (Å²) >= 11 is 0. The Bertz CT molecular complexity index is 747. The van der Waals surface area contributed by atoms with Gasteiger partial charge in [0.1, 0.15) is 12.6 Å². The quantitative estimate of drug-likeness (QED) is 0.348. The second-order valence-electron chi connectivity index (χ2n) is 9.78. The Morgan fingerprint density at radius 3 is 2.21 bits per heavy atom. The van der Waals surface area contributed by atoms with Gasteiger partial charge in [-0.05, 0) is 56.3 Å². The summed E-state index contributed by atoms with van der Waals surface area (Å²) in [5, 5.41) is 9.98. The number of imide groups is 2. The molecule has 4 bridgehead atoms. The van der Waals surface area contributed by atoms with Gasteiger partial charge in [0.15, 0.2) is 12.7 Å². The molecule has 6 fully saturated rings. The molecule has 0 aromatic rings. The van der Waals surface area contributed by atoms with Crippen LogP contribution in [0.25, 0.3) is 0 Å². The smallest absolute Gasteiger partial charge is 0.364 e. The molecule has 6 aliphatic rings. The monoisotopic (exact) mass is 406 g/mol. The minimum Gasteiger partial charge on any atom is -0.465 e.